The van der Waals surface area contributed by atoms with E-state index in [0.717, 1.165) is 32.4 Å². The van der Waals surface area contributed by atoms with Crippen molar-refractivity contribution in [2.24, 2.45) is 7.05 Å². The molecule has 0 bridgehead atoms. The van der Waals surface area contributed by atoms with Crippen molar-refractivity contribution in [2.45, 2.75) is 24.2 Å². The summed E-state index contributed by atoms with van der Waals surface area (Å²) in [5.74, 6) is -0.103. The molecule has 0 unspecified atom stereocenters. The second-order valence-electron chi connectivity index (χ2n) is 6.18. The molecule has 24 heavy (non-hydrogen) atoms. The molecule has 2 aliphatic heterocycles. The van der Waals surface area contributed by atoms with Gasteiger partial charge in [0.2, 0.25) is 10.0 Å². The molecular weight excluding hydrogens is 352 g/mol. The van der Waals surface area contributed by atoms with E-state index in [2.05, 4.69) is 5.32 Å². The van der Waals surface area contributed by atoms with Gasteiger partial charge in [-0.15, -0.1) is 12.4 Å². The van der Waals surface area contributed by atoms with Crippen LogP contribution in [0.2, 0.25) is 0 Å². The average Bonchev–Trinajstić information content (AvgIpc) is 2.98. The molecular formula is C15H25ClN4O3S. The fourth-order valence-electron chi connectivity index (χ4n) is 3.17. The Morgan fingerprint density at radius 2 is 1.71 bits per heavy atom. The van der Waals surface area contributed by atoms with Crippen molar-refractivity contribution in [1.82, 2.24) is 19.1 Å². The second kappa shape index (κ2) is 7.86. The highest BCUT2D eigenvalue weighted by molar-refractivity contribution is 7.89. The molecule has 0 aromatic carbocycles. The Balaban J connectivity index is 0.00000208. The van der Waals surface area contributed by atoms with E-state index in [1.165, 1.54) is 10.4 Å². The number of hydrogen-bond donors (Lipinski definition) is 1. The molecule has 3 heterocycles. The first-order valence-electron chi connectivity index (χ1n) is 8.16. The Morgan fingerprint density at radius 3 is 2.33 bits per heavy atom. The number of piperazine rings is 1. The quantitative estimate of drug-likeness (QED) is 0.841. The first kappa shape index (κ1) is 19.2. The number of carbonyl (C=O) groups excluding carboxylic acids is 1. The van der Waals surface area contributed by atoms with Crippen LogP contribution in [-0.4, -0.2) is 67.4 Å². The number of rotatable bonds is 3. The molecule has 2 aliphatic rings. The predicted molar refractivity (Wildman–Crippen MR) is 94.0 cm³/mol. The van der Waals surface area contributed by atoms with E-state index in [9.17, 15) is 13.2 Å². The summed E-state index contributed by atoms with van der Waals surface area (Å²) in [5, 5.41) is 3.20. The Morgan fingerprint density at radius 1 is 1.08 bits per heavy atom. The molecule has 136 valence electrons. The van der Waals surface area contributed by atoms with Crippen LogP contribution in [0.5, 0.6) is 0 Å². The highest BCUT2D eigenvalue weighted by Crippen LogP contribution is 2.22. The SMILES string of the molecule is Cl.Cn1cc(S(=O)(=O)N2CCCCC2)cc1C(=O)N1CCNCC1. The number of aromatic nitrogens is 1. The molecule has 3 rings (SSSR count). The first-order valence-corrected chi connectivity index (χ1v) is 9.60. The third-order valence-corrected chi connectivity index (χ3v) is 6.42. The lowest BCUT2D eigenvalue weighted by atomic mass is 10.2. The summed E-state index contributed by atoms with van der Waals surface area (Å²) in [6.07, 6.45) is 4.43. The molecule has 2 saturated heterocycles. The standard InChI is InChI=1S/C15H24N4O3S.ClH/c1-17-12-13(23(21,22)19-7-3-2-4-8-19)11-14(17)15(20)18-9-5-16-6-10-18;/h11-12,16H,2-10H2,1H3;1H. The number of piperidine rings is 1. The molecule has 0 atom stereocenters. The van der Waals surface area contributed by atoms with Crippen LogP contribution >= 0.6 is 12.4 Å². The van der Waals surface area contributed by atoms with Crippen molar-refractivity contribution in [3.8, 4) is 0 Å². The number of sulfonamides is 1. The van der Waals surface area contributed by atoms with E-state index in [1.807, 2.05) is 0 Å². The molecule has 0 spiro atoms. The van der Waals surface area contributed by atoms with E-state index in [0.29, 0.717) is 31.9 Å². The highest BCUT2D eigenvalue weighted by Gasteiger charge is 2.29. The van der Waals surface area contributed by atoms with Crippen molar-refractivity contribution >= 4 is 28.3 Å². The van der Waals surface area contributed by atoms with Gasteiger partial charge in [-0.3, -0.25) is 4.79 Å². The lowest BCUT2D eigenvalue weighted by molar-refractivity contribution is 0.0726. The minimum atomic E-state index is -3.50. The Hall–Kier alpha value is -1.09. The van der Waals surface area contributed by atoms with Crippen molar-refractivity contribution in [3.05, 3.63) is 18.0 Å². The summed E-state index contributed by atoms with van der Waals surface area (Å²) in [4.78, 5) is 14.6. The topological polar surface area (TPSA) is 74.7 Å². The maximum Gasteiger partial charge on any atom is 0.270 e. The number of nitrogens with zero attached hydrogens (tertiary/aromatic N) is 3. The van der Waals surface area contributed by atoms with Crippen molar-refractivity contribution < 1.29 is 13.2 Å². The summed E-state index contributed by atoms with van der Waals surface area (Å²) in [6.45, 7) is 3.98. The number of amides is 1. The number of carbonyl (C=O) groups is 1. The van der Waals surface area contributed by atoms with Gasteiger partial charge in [0.25, 0.3) is 5.91 Å². The molecule has 1 aromatic rings. The number of halogens is 1. The molecule has 0 radical (unpaired) electrons. The number of nitrogens with one attached hydrogen (secondary N) is 1. The van der Waals surface area contributed by atoms with E-state index in [4.69, 9.17) is 0 Å². The Kier molecular flexibility index (Phi) is 6.30. The van der Waals surface area contributed by atoms with Crippen LogP contribution in [0.1, 0.15) is 29.8 Å². The maximum atomic E-state index is 12.7. The van der Waals surface area contributed by atoms with Gasteiger partial charge in [-0.2, -0.15) is 4.31 Å². The zero-order chi connectivity index (χ0) is 16.4. The van der Waals surface area contributed by atoms with Gasteiger partial charge < -0.3 is 14.8 Å². The van der Waals surface area contributed by atoms with Crippen LogP contribution in [0.15, 0.2) is 17.2 Å². The van der Waals surface area contributed by atoms with E-state index >= 15 is 0 Å². The highest BCUT2D eigenvalue weighted by atomic mass is 35.5. The van der Waals surface area contributed by atoms with Gasteiger partial charge in [-0.1, -0.05) is 6.42 Å². The van der Waals surface area contributed by atoms with Crippen molar-refractivity contribution in [2.75, 3.05) is 39.3 Å². The fraction of sp³-hybridized carbons (Fsp3) is 0.667. The van der Waals surface area contributed by atoms with Crippen LogP contribution < -0.4 is 5.32 Å². The largest absolute Gasteiger partial charge is 0.345 e. The van der Waals surface area contributed by atoms with Crippen LogP contribution in [0.25, 0.3) is 0 Å². The first-order chi connectivity index (χ1) is 11.0. The maximum absolute atomic E-state index is 12.7. The molecule has 9 heteroatoms. The number of hydrogen-bond acceptors (Lipinski definition) is 4. The van der Waals surface area contributed by atoms with Gasteiger partial charge >= 0.3 is 0 Å². The van der Waals surface area contributed by atoms with E-state index in [-0.39, 0.29) is 23.2 Å². The fourth-order valence-corrected chi connectivity index (χ4v) is 4.76. The van der Waals surface area contributed by atoms with E-state index < -0.39 is 10.0 Å². The zero-order valence-electron chi connectivity index (χ0n) is 13.9. The van der Waals surface area contributed by atoms with Gasteiger partial charge in [0.15, 0.2) is 0 Å². The third-order valence-electron chi connectivity index (χ3n) is 4.56. The smallest absolute Gasteiger partial charge is 0.270 e. The van der Waals surface area contributed by atoms with Gasteiger partial charge in [0.1, 0.15) is 10.6 Å². The lowest BCUT2D eigenvalue weighted by Gasteiger charge is -2.27. The van der Waals surface area contributed by atoms with Gasteiger partial charge in [0.05, 0.1) is 0 Å². The monoisotopic (exact) mass is 376 g/mol. The van der Waals surface area contributed by atoms with Crippen LogP contribution in [0, 0.1) is 0 Å². The lowest BCUT2D eigenvalue weighted by Crippen LogP contribution is -2.46. The molecule has 0 aliphatic carbocycles. The number of aryl methyl sites for hydroxylation is 1. The summed E-state index contributed by atoms with van der Waals surface area (Å²) in [6, 6.07) is 1.52. The Labute approximate surface area is 149 Å². The minimum Gasteiger partial charge on any atom is -0.345 e. The van der Waals surface area contributed by atoms with Gasteiger partial charge in [0, 0.05) is 52.5 Å². The summed E-state index contributed by atoms with van der Waals surface area (Å²) in [7, 11) is -1.77. The molecule has 0 saturated carbocycles. The van der Waals surface area contributed by atoms with Crippen LogP contribution in [-0.2, 0) is 17.1 Å². The average molecular weight is 377 g/mol. The molecule has 1 N–H and O–H groups in total. The summed E-state index contributed by atoms with van der Waals surface area (Å²) >= 11 is 0. The normalized spacial score (nSPS) is 19.8. The van der Waals surface area contributed by atoms with Gasteiger partial charge in [-0.25, -0.2) is 8.42 Å². The molecule has 7 nitrogen and oxygen atoms in total. The van der Waals surface area contributed by atoms with Gasteiger partial charge in [-0.05, 0) is 18.9 Å². The van der Waals surface area contributed by atoms with E-state index in [1.54, 1.807) is 22.7 Å². The zero-order valence-corrected chi connectivity index (χ0v) is 15.5. The molecule has 1 amide bonds. The van der Waals surface area contributed by atoms with Crippen molar-refractivity contribution in [1.29, 1.82) is 0 Å². The second-order valence-corrected chi connectivity index (χ2v) is 8.12. The van der Waals surface area contributed by atoms with Crippen molar-refractivity contribution in [3.63, 3.8) is 0 Å². The predicted octanol–water partition coefficient (Wildman–Crippen LogP) is 0.667. The molecule has 1 aromatic heterocycles. The van der Waals surface area contributed by atoms with Crippen LogP contribution in [0.3, 0.4) is 0 Å². The summed E-state index contributed by atoms with van der Waals surface area (Å²) in [5.41, 5.74) is 0.433. The molecule has 2 fully saturated rings. The van der Waals surface area contributed by atoms with Crippen LogP contribution in [0.4, 0.5) is 0 Å². The Bertz CT molecular complexity index is 677. The minimum absolute atomic E-state index is 0. The third kappa shape index (κ3) is 3.77. The summed E-state index contributed by atoms with van der Waals surface area (Å²) < 4.78 is 28.6.